The molecule has 1 atom stereocenters. The summed E-state index contributed by atoms with van der Waals surface area (Å²) >= 11 is 0. The van der Waals surface area contributed by atoms with E-state index in [2.05, 4.69) is 28.8 Å². The lowest BCUT2D eigenvalue weighted by molar-refractivity contribution is -0.0562. The van der Waals surface area contributed by atoms with Gasteiger partial charge < -0.3 is 14.0 Å². The number of methoxy groups -OCH3 is 1. The van der Waals surface area contributed by atoms with Crippen molar-refractivity contribution in [3.8, 4) is 11.4 Å². The highest BCUT2D eigenvalue weighted by Gasteiger charge is 2.46. The van der Waals surface area contributed by atoms with Crippen molar-refractivity contribution in [1.29, 1.82) is 0 Å². The van der Waals surface area contributed by atoms with Gasteiger partial charge in [-0.1, -0.05) is 42.5 Å². The van der Waals surface area contributed by atoms with Gasteiger partial charge in [0, 0.05) is 28.6 Å². The van der Waals surface area contributed by atoms with Gasteiger partial charge >= 0.3 is 6.09 Å². The molecule has 1 aliphatic rings. The van der Waals surface area contributed by atoms with Gasteiger partial charge in [-0.05, 0) is 60.2 Å². The summed E-state index contributed by atoms with van der Waals surface area (Å²) in [4.78, 5) is 13.8. The zero-order chi connectivity index (χ0) is 24.0. The Balaban J connectivity index is 1.35. The molecule has 0 bridgehead atoms. The number of hydrogen-bond acceptors (Lipinski definition) is 3. The van der Waals surface area contributed by atoms with Crippen molar-refractivity contribution in [1.82, 2.24) is 4.57 Å². The number of amides is 1. The zero-order valence-electron chi connectivity index (χ0n) is 19.1. The van der Waals surface area contributed by atoms with Crippen LogP contribution < -0.4 is 9.64 Å². The third kappa shape index (κ3) is 3.67. The van der Waals surface area contributed by atoms with Crippen LogP contribution in [0.4, 0.5) is 14.9 Å². The Morgan fingerprint density at radius 2 is 1.57 bits per heavy atom. The molecule has 0 aliphatic carbocycles. The smallest absolute Gasteiger partial charge is 0.417 e. The number of anilines is 1. The number of rotatable bonds is 5. The standard InChI is InChI=1S/C29H23FN2O3/c1-34-23-14-12-21(13-15-23)31-19-29(30,35-28(31)33)18-20-11-16-27-25(17-20)24-9-5-6-10-26(24)32(27)22-7-3-2-4-8-22/h2-17H,18-19H2,1H3. The van der Waals surface area contributed by atoms with Crippen molar-refractivity contribution in [2.45, 2.75) is 12.3 Å². The maximum atomic E-state index is 15.8. The molecule has 1 aliphatic heterocycles. The molecule has 174 valence electrons. The van der Waals surface area contributed by atoms with Gasteiger partial charge in [0.15, 0.2) is 0 Å². The molecule has 0 spiro atoms. The monoisotopic (exact) mass is 466 g/mol. The van der Waals surface area contributed by atoms with Gasteiger partial charge in [-0.25, -0.2) is 4.79 Å². The summed E-state index contributed by atoms with van der Waals surface area (Å²) in [7, 11) is 1.57. The SMILES string of the molecule is COc1ccc(N2CC(F)(Cc3ccc4c(c3)c3ccccc3n4-c3ccccc3)OC2=O)cc1. The highest BCUT2D eigenvalue weighted by Crippen LogP contribution is 2.36. The van der Waals surface area contributed by atoms with Gasteiger partial charge in [-0.15, -0.1) is 0 Å². The van der Waals surface area contributed by atoms with E-state index in [1.165, 1.54) is 4.90 Å². The predicted octanol–water partition coefficient (Wildman–Crippen LogP) is 6.66. The van der Waals surface area contributed by atoms with Crippen LogP contribution in [0.3, 0.4) is 0 Å². The molecule has 4 aromatic carbocycles. The Bertz CT molecular complexity index is 1550. The van der Waals surface area contributed by atoms with Crippen LogP contribution in [-0.2, 0) is 11.2 Å². The lowest BCUT2D eigenvalue weighted by Gasteiger charge is -2.18. The van der Waals surface area contributed by atoms with E-state index in [-0.39, 0.29) is 13.0 Å². The molecule has 6 heteroatoms. The molecular formula is C29H23FN2O3. The number of aromatic nitrogens is 1. The quantitative estimate of drug-likeness (QED) is 0.291. The summed E-state index contributed by atoms with van der Waals surface area (Å²) in [6.07, 6.45) is -0.731. The number of nitrogens with zero attached hydrogens (tertiary/aromatic N) is 2. The molecule has 5 aromatic rings. The molecule has 2 heterocycles. The molecule has 0 radical (unpaired) electrons. The van der Waals surface area contributed by atoms with Gasteiger partial charge in [0.1, 0.15) is 5.75 Å². The van der Waals surface area contributed by atoms with E-state index in [0.717, 1.165) is 33.1 Å². The van der Waals surface area contributed by atoms with E-state index < -0.39 is 11.9 Å². The third-order valence-corrected chi connectivity index (χ3v) is 6.49. The van der Waals surface area contributed by atoms with Crippen LogP contribution in [0.2, 0.25) is 0 Å². The van der Waals surface area contributed by atoms with Gasteiger partial charge in [0.2, 0.25) is 0 Å². The third-order valence-electron chi connectivity index (χ3n) is 6.49. The first kappa shape index (κ1) is 21.2. The Hall–Kier alpha value is -4.32. The molecule has 0 N–H and O–H groups in total. The lowest BCUT2D eigenvalue weighted by Crippen LogP contribution is -2.32. The Morgan fingerprint density at radius 3 is 2.34 bits per heavy atom. The molecule has 1 aromatic heterocycles. The Morgan fingerprint density at radius 1 is 0.857 bits per heavy atom. The fraction of sp³-hybridized carbons (Fsp3) is 0.138. The van der Waals surface area contributed by atoms with Gasteiger partial charge in [0.05, 0.1) is 24.7 Å². The van der Waals surface area contributed by atoms with Gasteiger partial charge in [0.25, 0.3) is 5.85 Å². The van der Waals surface area contributed by atoms with Crippen molar-refractivity contribution in [2.75, 3.05) is 18.6 Å². The summed E-state index contributed by atoms with van der Waals surface area (Å²) in [6, 6.07) is 31.2. The zero-order valence-corrected chi connectivity index (χ0v) is 19.1. The van der Waals surface area contributed by atoms with Crippen molar-refractivity contribution < 1.29 is 18.7 Å². The van der Waals surface area contributed by atoms with Crippen LogP contribution in [-0.4, -0.2) is 30.2 Å². The molecule has 1 saturated heterocycles. The topological polar surface area (TPSA) is 43.7 Å². The first-order chi connectivity index (χ1) is 17.0. The van der Waals surface area contributed by atoms with Crippen LogP contribution in [0.1, 0.15) is 5.56 Å². The van der Waals surface area contributed by atoms with Crippen molar-refractivity contribution in [3.63, 3.8) is 0 Å². The number of cyclic esters (lactones) is 1. The summed E-state index contributed by atoms with van der Waals surface area (Å²) in [5.74, 6) is -1.46. The lowest BCUT2D eigenvalue weighted by atomic mass is 10.0. The van der Waals surface area contributed by atoms with E-state index >= 15 is 4.39 Å². The summed E-state index contributed by atoms with van der Waals surface area (Å²) in [5.41, 5.74) is 4.52. The van der Waals surface area contributed by atoms with E-state index in [9.17, 15) is 4.79 Å². The van der Waals surface area contributed by atoms with Gasteiger partial charge in [-0.3, -0.25) is 4.90 Å². The number of fused-ring (bicyclic) bond motifs is 3. The molecule has 35 heavy (non-hydrogen) atoms. The highest BCUT2D eigenvalue weighted by atomic mass is 19.2. The van der Waals surface area contributed by atoms with Gasteiger partial charge in [-0.2, -0.15) is 4.39 Å². The maximum Gasteiger partial charge on any atom is 0.417 e. The number of carbonyl (C=O) groups is 1. The Labute approximate surface area is 201 Å². The van der Waals surface area contributed by atoms with E-state index in [0.29, 0.717) is 11.4 Å². The summed E-state index contributed by atoms with van der Waals surface area (Å²) in [6.45, 7) is -0.179. The molecule has 1 amide bonds. The predicted molar refractivity (Wildman–Crippen MR) is 135 cm³/mol. The van der Waals surface area contributed by atoms with Crippen LogP contribution >= 0.6 is 0 Å². The fourth-order valence-corrected chi connectivity index (χ4v) is 4.89. The number of alkyl halides is 1. The second-order valence-corrected chi connectivity index (χ2v) is 8.75. The van der Waals surface area contributed by atoms with Crippen molar-refractivity contribution in [2.24, 2.45) is 0 Å². The molecule has 0 saturated carbocycles. The number of carbonyl (C=O) groups excluding carboxylic acids is 1. The summed E-state index contributed by atoms with van der Waals surface area (Å²) in [5, 5.41) is 2.12. The maximum absolute atomic E-state index is 15.8. The van der Waals surface area contributed by atoms with E-state index in [4.69, 9.17) is 9.47 Å². The minimum atomic E-state index is -2.12. The average molecular weight is 467 g/mol. The van der Waals surface area contributed by atoms with Crippen LogP contribution in [0.25, 0.3) is 27.5 Å². The van der Waals surface area contributed by atoms with Crippen molar-refractivity contribution >= 4 is 33.6 Å². The number of benzene rings is 4. The fourth-order valence-electron chi connectivity index (χ4n) is 4.89. The first-order valence-corrected chi connectivity index (χ1v) is 11.5. The first-order valence-electron chi connectivity index (χ1n) is 11.5. The minimum Gasteiger partial charge on any atom is -0.497 e. The second kappa shape index (κ2) is 8.17. The van der Waals surface area contributed by atoms with Crippen molar-refractivity contribution in [3.05, 3.63) is 103 Å². The Kier molecular flexibility index (Phi) is 4.95. The van der Waals surface area contributed by atoms with E-state index in [1.807, 2.05) is 48.5 Å². The van der Waals surface area contributed by atoms with Crippen LogP contribution in [0, 0.1) is 0 Å². The highest BCUT2D eigenvalue weighted by molar-refractivity contribution is 6.09. The summed E-state index contributed by atoms with van der Waals surface area (Å²) < 4.78 is 28.4. The number of hydrogen-bond donors (Lipinski definition) is 0. The number of ether oxygens (including phenoxy) is 2. The number of para-hydroxylation sites is 2. The normalized spacial score (nSPS) is 17.8. The van der Waals surface area contributed by atoms with E-state index in [1.54, 1.807) is 31.4 Å². The molecule has 1 unspecified atom stereocenters. The average Bonchev–Trinajstić information content (AvgIpc) is 3.37. The van der Waals surface area contributed by atoms with Crippen LogP contribution in [0.15, 0.2) is 97.1 Å². The number of halogens is 1. The minimum absolute atomic E-state index is 0.0355. The molecule has 1 fully saturated rings. The van der Waals surface area contributed by atoms with Crippen LogP contribution in [0.5, 0.6) is 5.75 Å². The molecular weight excluding hydrogens is 443 g/mol. The largest absolute Gasteiger partial charge is 0.497 e. The molecule has 5 nitrogen and oxygen atoms in total. The second-order valence-electron chi connectivity index (χ2n) is 8.75. The molecule has 6 rings (SSSR count).